The summed E-state index contributed by atoms with van der Waals surface area (Å²) in [6.07, 6.45) is 2.08. The van der Waals surface area contributed by atoms with Crippen LogP contribution in [0.1, 0.15) is 18.1 Å². The first kappa shape index (κ1) is 14.3. The quantitative estimate of drug-likeness (QED) is 0.631. The minimum absolute atomic E-state index is 0.873. The summed E-state index contributed by atoms with van der Waals surface area (Å²) in [5, 5.41) is 5.87. The first-order valence-corrected chi connectivity index (χ1v) is 7.92. The van der Waals surface area contributed by atoms with Gasteiger partial charge in [0.05, 0.1) is 10.7 Å². The van der Waals surface area contributed by atoms with E-state index in [0.717, 1.165) is 28.1 Å². The Morgan fingerprint density at radius 2 is 1.95 bits per heavy atom. The van der Waals surface area contributed by atoms with Gasteiger partial charge in [0.25, 0.3) is 0 Å². The number of rotatable bonds is 3. The zero-order valence-electron chi connectivity index (χ0n) is 12.0. The van der Waals surface area contributed by atoms with Crippen molar-refractivity contribution >= 4 is 24.0 Å². The van der Waals surface area contributed by atoms with Gasteiger partial charge in [-0.15, -0.1) is 11.8 Å². The molecule has 2 heterocycles. The fourth-order valence-corrected chi connectivity index (χ4v) is 3.13. The van der Waals surface area contributed by atoms with E-state index >= 15 is 0 Å². The fourth-order valence-electron chi connectivity index (χ4n) is 2.37. The summed E-state index contributed by atoms with van der Waals surface area (Å²) in [6, 6.07) is 4.28. The molecule has 0 aliphatic carbocycles. The highest BCUT2D eigenvalue weighted by Crippen LogP contribution is 2.27. The SMILES string of the molecule is CCn1nc(-c2c(C)cc(C)c(=S)n2C)cc1SC. The molecule has 0 radical (unpaired) electrons. The Kier molecular flexibility index (Phi) is 4.16. The largest absolute Gasteiger partial charge is 0.333 e. The predicted molar refractivity (Wildman–Crippen MR) is 84.4 cm³/mol. The van der Waals surface area contributed by atoms with Crippen LogP contribution in [0.2, 0.25) is 0 Å². The van der Waals surface area contributed by atoms with Crippen molar-refractivity contribution < 1.29 is 0 Å². The normalized spacial score (nSPS) is 11.0. The van der Waals surface area contributed by atoms with Crippen molar-refractivity contribution in [2.45, 2.75) is 32.3 Å². The number of aryl methyl sites for hydroxylation is 3. The lowest BCUT2D eigenvalue weighted by atomic mass is 10.1. The second-order valence-electron chi connectivity index (χ2n) is 4.61. The van der Waals surface area contributed by atoms with E-state index in [1.54, 1.807) is 11.8 Å². The monoisotopic (exact) mass is 293 g/mol. The molecule has 102 valence electrons. The Morgan fingerprint density at radius 1 is 1.26 bits per heavy atom. The van der Waals surface area contributed by atoms with Crippen LogP contribution in [0.15, 0.2) is 17.2 Å². The highest BCUT2D eigenvalue weighted by molar-refractivity contribution is 7.98. The van der Waals surface area contributed by atoms with Crippen LogP contribution in [-0.4, -0.2) is 20.6 Å². The average molecular weight is 293 g/mol. The summed E-state index contributed by atoms with van der Waals surface area (Å²) in [5.74, 6) is 0. The lowest BCUT2D eigenvalue weighted by molar-refractivity contribution is 0.606. The van der Waals surface area contributed by atoms with Crippen molar-refractivity contribution in [2.24, 2.45) is 7.05 Å². The smallest absolute Gasteiger partial charge is 0.110 e. The first-order chi connectivity index (χ1) is 8.99. The average Bonchev–Trinajstić information content (AvgIpc) is 2.79. The van der Waals surface area contributed by atoms with Gasteiger partial charge in [-0.1, -0.05) is 18.3 Å². The second kappa shape index (κ2) is 5.51. The standard InChI is InChI=1S/C14H19N3S2/c1-6-17-12(19-5)8-11(15-17)13-9(2)7-10(3)14(18)16(13)4/h7-8H,6H2,1-5H3. The lowest BCUT2D eigenvalue weighted by Crippen LogP contribution is -2.04. The molecule has 0 spiro atoms. The zero-order chi connectivity index (χ0) is 14.2. The molecule has 2 aromatic rings. The van der Waals surface area contributed by atoms with Crippen molar-refractivity contribution in [1.82, 2.24) is 14.3 Å². The molecule has 0 aromatic carbocycles. The van der Waals surface area contributed by atoms with Crippen molar-refractivity contribution in [3.63, 3.8) is 0 Å². The van der Waals surface area contributed by atoms with Crippen LogP contribution in [-0.2, 0) is 13.6 Å². The molecule has 0 N–H and O–H groups in total. The Balaban J connectivity index is 2.69. The molecule has 0 saturated heterocycles. The number of pyridine rings is 1. The van der Waals surface area contributed by atoms with Gasteiger partial charge in [-0.3, -0.25) is 4.68 Å². The molecule has 0 atom stereocenters. The van der Waals surface area contributed by atoms with Gasteiger partial charge in [0.1, 0.15) is 10.3 Å². The van der Waals surface area contributed by atoms with Gasteiger partial charge in [-0.05, 0) is 44.2 Å². The molecule has 19 heavy (non-hydrogen) atoms. The predicted octanol–water partition coefficient (Wildman–Crippen LogP) is 3.98. The maximum atomic E-state index is 5.46. The highest BCUT2D eigenvalue weighted by Gasteiger charge is 2.13. The molecule has 0 unspecified atom stereocenters. The van der Waals surface area contributed by atoms with E-state index in [0.29, 0.717) is 0 Å². The molecule has 0 amide bonds. The van der Waals surface area contributed by atoms with Crippen LogP contribution in [0.25, 0.3) is 11.4 Å². The third-order valence-corrected chi connectivity index (χ3v) is 4.62. The van der Waals surface area contributed by atoms with Crippen LogP contribution >= 0.6 is 24.0 Å². The zero-order valence-corrected chi connectivity index (χ0v) is 13.7. The lowest BCUT2D eigenvalue weighted by Gasteiger charge is -2.12. The summed E-state index contributed by atoms with van der Waals surface area (Å²) in [5.41, 5.74) is 4.45. The summed E-state index contributed by atoms with van der Waals surface area (Å²) in [4.78, 5) is 0. The van der Waals surface area contributed by atoms with Crippen LogP contribution in [0, 0.1) is 18.5 Å². The van der Waals surface area contributed by atoms with Gasteiger partial charge in [0.2, 0.25) is 0 Å². The van der Waals surface area contributed by atoms with Crippen molar-refractivity contribution in [3.05, 3.63) is 27.9 Å². The molecular formula is C14H19N3S2. The van der Waals surface area contributed by atoms with Gasteiger partial charge in [0.15, 0.2) is 0 Å². The van der Waals surface area contributed by atoms with Crippen molar-refractivity contribution in [3.8, 4) is 11.4 Å². The van der Waals surface area contributed by atoms with E-state index in [1.165, 1.54) is 10.6 Å². The van der Waals surface area contributed by atoms with Crippen LogP contribution < -0.4 is 0 Å². The van der Waals surface area contributed by atoms with E-state index in [9.17, 15) is 0 Å². The van der Waals surface area contributed by atoms with Gasteiger partial charge in [0, 0.05) is 13.6 Å². The van der Waals surface area contributed by atoms with Gasteiger partial charge < -0.3 is 4.57 Å². The number of hydrogen-bond donors (Lipinski definition) is 0. The van der Waals surface area contributed by atoms with E-state index in [2.05, 4.69) is 43.7 Å². The molecule has 5 heteroatoms. The minimum atomic E-state index is 0.873. The van der Waals surface area contributed by atoms with Crippen molar-refractivity contribution in [1.29, 1.82) is 0 Å². The van der Waals surface area contributed by atoms with Gasteiger partial charge in [-0.25, -0.2) is 0 Å². The second-order valence-corrected chi connectivity index (χ2v) is 5.82. The Hall–Kier alpha value is -1.07. The van der Waals surface area contributed by atoms with Crippen LogP contribution in [0.4, 0.5) is 0 Å². The summed E-state index contributed by atoms with van der Waals surface area (Å²) in [6.45, 7) is 7.15. The third kappa shape index (κ3) is 2.49. The molecule has 0 fully saturated rings. The molecule has 0 saturated carbocycles. The molecule has 0 aliphatic rings. The minimum Gasteiger partial charge on any atom is -0.333 e. The third-order valence-electron chi connectivity index (χ3n) is 3.28. The molecule has 0 aliphatic heterocycles. The number of thioether (sulfide) groups is 1. The number of nitrogens with zero attached hydrogens (tertiary/aromatic N) is 3. The molecule has 2 rings (SSSR count). The van der Waals surface area contributed by atoms with E-state index in [-0.39, 0.29) is 0 Å². The van der Waals surface area contributed by atoms with Crippen LogP contribution in [0.5, 0.6) is 0 Å². The topological polar surface area (TPSA) is 22.8 Å². The van der Waals surface area contributed by atoms with Gasteiger partial charge >= 0.3 is 0 Å². The Bertz CT molecular complexity index is 647. The maximum absolute atomic E-state index is 5.46. The molecule has 2 aromatic heterocycles. The number of hydrogen-bond acceptors (Lipinski definition) is 3. The fraction of sp³-hybridized carbons (Fsp3) is 0.429. The maximum Gasteiger partial charge on any atom is 0.110 e. The molecule has 3 nitrogen and oxygen atoms in total. The first-order valence-electron chi connectivity index (χ1n) is 6.29. The van der Waals surface area contributed by atoms with E-state index in [4.69, 9.17) is 17.3 Å². The van der Waals surface area contributed by atoms with Gasteiger partial charge in [-0.2, -0.15) is 5.10 Å². The van der Waals surface area contributed by atoms with E-state index < -0.39 is 0 Å². The van der Waals surface area contributed by atoms with Crippen LogP contribution in [0.3, 0.4) is 0 Å². The Morgan fingerprint density at radius 3 is 2.47 bits per heavy atom. The summed E-state index contributed by atoms with van der Waals surface area (Å²) < 4.78 is 4.96. The summed E-state index contributed by atoms with van der Waals surface area (Å²) in [7, 11) is 2.02. The molecular weight excluding hydrogens is 274 g/mol. The van der Waals surface area contributed by atoms with E-state index in [1.807, 2.05) is 11.7 Å². The number of aromatic nitrogens is 3. The van der Waals surface area contributed by atoms with Crippen molar-refractivity contribution in [2.75, 3.05) is 6.26 Å². The molecule has 0 bridgehead atoms. The highest BCUT2D eigenvalue weighted by atomic mass is 32.2. The Labute approximate surface area is 123 Å². The summed E-state index contributed by atoms with van der Waals surface area (Å²) >= 11 is 7.18.